The summed E-state index contributed by atoms with van der Waals surface area (Å²) in [4.78, 5) is 26.1. The SMILES string of the molecule is CC1OC(=O)c2cccc(c2)C(=O)OC1(C1CCC(N)CC1)C1CCC(N)CC1. The summed E-state index contributed by atoms with van der Waals surface area (Å²) in [6.07, 6.45) is 6.52. The predicted octanol–water partition coefficient (Wildman–Crippen LogP) is 3.18. The Morgan fingerprint density at radius 2 is 1.31 bits per heavy atom. The van der Waals surface area contributed by atoms with E-state index in [1.165, 1.54) is 0 Å². The third kappa shape index (κ3) is 3.80. The highest BCUT2D eigenvalue weighted by atomic mass is 16.6. The average Bonchev–Trinajstić information content (AvgIpc) is 2.75. The Balaban J connectivity index is 1.76. The molecule has 4 N–H and O–H groups in total. The van der Waals surface area contributed by atoms with Crippen molar-refractivity contribution >= 4 is 11.9 Å². The molecule has 0 aromatic heterocycles. The van der Waals surface area contributed by atoms with Gasteiger partial charge in [-0.15, -0.1) is 0 Å². The Morgan fingerprint density at radius 1 is 0.828 bits per heavy atom. The van der Waals surface area contributed by atoms with Crippen LogP contribution in [0.3, 0.4) is 0 Å². The van der Waals surface area contributed by atoms with Gasteiger partial charge < -0.3 is 20.9 Å². The van der Waals surface area contributed by atoms with Crippen molar-refractivity contribution in [3.63, 3.8) is 0 Å². The van der Waals surface area contributed by atoms with Crippen LogP contribution in [0.1, 0.15) is 79.0 Å². The first-order chi connectivity index (χ1) is 13.9. The van der Waals surface area contributed by atoms with Gasteiger partial charge in [-0.05, 0) is 76.5 Å². The van der Waals surface area contributed by atoms with Crippen LogP contribution in [0.25, 0.3) is 0 Å². The van der Waals surface area contributed by atoms with Crippen LogP contribution in [-0.4, -0.2) is 35.7 Å². The van der Waals surface area contributed by atoms with Crippen LogP contribution in [-0.2, 0) is 9.47 Å². The van der Waals surface area contributed by atoms with E-state index in [2.05, 4.69) is 0 Å². The minimum Gasteiger partial charge on any atom is -0.455 e. The van der Waals surface area contributed by atoms with Gasteiger partial charge in [-0.1, -0.05) is 6.07 Å². The van der Waals surface area contributed by atoms with Gasteiger partial charge in [0.15, 0.2) is 5.60 Å². The first kappa shape index (κ1) is 20.4. The number of hydrogen-bond donors (Lipinski definition) is 2. The smallest absolute Gasteiger partial charge is 0.338 e. The lowest BCUT2D eigenvalue weighted by molar-refractivity contribution is -0.166. The molecule has 1 unspecified atom stereocenters. The molecule has 3 aliphatic rings. The molecule has 1 aromatic rings. The van der Waals surface area contributed by atoms with Crippen LogP contribution in [0.2, 0.25) is 0 Å². The zero-order valence-corrected chi connectivity index (χ0v) is 17.1. The fourth-order valence-electron chi connectivity index (χ4n) is 5.70. The van der Waals surface area contributed by atoms with Crippen LogP contribution in [0, 0.1) is 11.8 Å². The highest BCUT2D eigenvalue weighted by Crippen LogP contribution is 2.48. The molecule has 1 atom stereocenters. The molecular weight excluding hydrogens is 368 g/mol. The molecule has 6 heteroatoms. The molecule has 2 fully saturated rings. The zero-order chi connectivity index (χ0) is 20.6. The monoisotopic (exact) mass is 400 g/mol. The van der Waals surface area contributed by atoms with Crippen molar-refractivity contribution in [1.82, 2.24) is 0 Å². The van der Waals surface area contributed by atoms with Crippen molar-refractivity contribution in [3.8, 4) is 0 Å². The summed E-state index contributed by atoms with van der Waals surface area (Å²) in [5.41, 5.74) is 12.3. The number of nitrogens with two attached hydrogens (primary N) is 2. The summed E-state index contributed by atoms with van der Waals surface area (Å²) >= 11 is 0. The van der Waals surface area contributed by atoms with Crippen LogP contribution in [0.5, 0.6) is 0 Å². The van der Waals surface area contributed by atoms with Gasteiger partial charge in [0.25, 0.3) is 0 Å². The quantitative estimate of drug-likeness (QED) is 0.739. The summed E-state index contributed by atoms with van der Waals surface area (Å²) in [6.45, 7) is 1.89. The third-order valence-corrected chi connectivity index (χ3v) is 7.34. The van der Waals surface area contributed by atoms with Gasteiger partial charge in [0.2, 0.25) is 0 Å². The van der Waals surface area contributed by atoms with E-state index in [-0.39, 0.29) is 29.9 Å². The number of benzene rings is 1. The van der Waals surface area contributed by atoms with Crippen molar-refractivity contribution in [1.29, 1.82) is 0 Å². The molecule has 0 saturated heterocycles. The molecule has 1 aliphatic heterocycles. The Kier molecular flexibility index (Phi) is 5.67. The summed E-state index contributed by atoms with van der Waals surface area (Å²) in [7, 11) is 0. The molecule has 4 rings (SSSR count). The largest absolute Gasteiger partial charge is 0.455 e. The Labute approximate surface area is 172 Å². The fourth-order valence-corrected chi connectivity index (χ4v) is 5.70. The van der Waals surface area contributed by atoms with Crippen molar-refractivity contribution in [2.24, 2.45) is 23.3 Å². The van der Waals surface area contributed by atoms with Gasteiger partial charge in [-0.2, -0.15) is 0 Å². The minimum atomic E-state index is -0.847. The normalized spacial score (nSPS) is 38.2. The van der Waals surface area contributed by atoms with Gasteiger partial charge in [0.1, 0.15) is 6.10 Å². The number of hydrogen-bond acceptors (Lipinski definition) is 6. The van der Waals surface area contributed by atoms with Gasteiger partial charge >= 0.3 is 11.9 Å². The summed E-state index contributed by atoms with van der Waals surface area (Å²) in [5, 5.41) is 0. The molecule has 0 spiro atoms. The molecule has 0 amide bonds. The molecule has 1 aromatic carbocycles. The number of fused-ring (bicyclic) bond motifs is 2. The number of esters is 2. The second kappa shape index (κ2) is 8.07. The molecule has 2 saturated carbocycles. The lowest BCUT2D eigenvalue weighted by atomic mass is 9.63. The standard InChI is InChI=1S/C23H32N2O4/c1-14-23(17-5-9-19(24)10-6-17,18-7-11-20(25)12-8-18)29-22(27)16-4-2-3-15(13-16)21(26)28-14/h2-4,13-14,17-20H,5-12,24-25H2,1H3. The van der Waals surface area contributed by atoms with Crippen LogP contribution >= 0.6 is 0 Å². The van der Waals surface area contributed by atoms with Gasteiger partial charge in [-0.25, -0.2) is 9.59 Å². The number of rotatable bonds is 2. The lowest BCUT2D eigenvalue weighted by Gasteiger charge is -2.51. The number of cyclic esters (lactones) is 2. The van der Waals surface area contributed by atoms with Gasteiger partial charge in [0.05, 0.1) is 11.1 Å². The van der Waals surface area contributed by atoms with Crippen molar-refractivity contribution in [3.05, 3.63) is 35.4 Å². The molecule has 2 bridgehead atoms. The third-order valence-electron chi connectivity index (χ3n) is 7.34. The maximum Gasteiger partial charge on any atom is 0.338 e. The highest BCUT2D eigenvalue weighted by molar-refractivity contribution is 5.96. The topological polar surface area (TPSA) is 105 Å². The number of ether oxygens (including phenoxy) is 2. The van der Waals surface area contributed by atoms with Crippen molar-refractivity contribution in [2.45, 2.75) is 82.1 Å². The van der Waals surface area contributed by atoms with E-state index in [1.807, 2.05) is 6.92 Å². The molecule has 158 valence electrons. The Morgan fingerprint density at radius 3 is 1.83 bits per heavy atom. The van der Waals surface area contributed by atoms with Crippen molar-refractivity contribution in [2.75, 3.05) is 0 Å². The fraction of sp³-hybridized carbons (Fsp3) is 0.652. The van der Waals surface area contributed by atoms with E-state index in [9.17, 15) is 9.59 Å². The summed E-state index contributed by atoms with van der Waals surface area (Å²) < 4.78 is 12.4. The first-order valence-electron chi connectivity index (χ1n) is 11.0. The molecule has 2 aliphatic carbocycles. The van der Waals surface area contributed by atoms with E-state index in [0.717, 1.165) is 51.4 Å². The van der Waals surface area contributed by atoms with E-state index >= 15 is 0 Å². The van der Waals surface area contributed by atoms with E-state index in [0.29, 0.717) is 11.1 Å². The second-order valence-electron chi connectivity index (χ2n) is 9.09. The predicted molar refractivity (Wildman–Crippen MR) is 109 cm³/mol. The van der Waals surface area contributed by atoms with Crippen LogP contribution in [0.4, 0.5) is 0 Å². The van der Waals surface area contributed by atoms with Gasteiger partial charge in [-0.3, -0.25) is 0 Å². The Hall–Kier alpha value is -1.92. The van der Waals surface area contributed by atoms with Crippen LogP contribution in [0.15, 0.2) is 24.3 Å². The first-order valence-corrected chi connectivity index (χ1v) is 11.0. The number of carbonyl (C=O) groups is 2. The molecule has 6 nitrogen and oxygen atoms in total. The maximum absolute atomic E-state index is 13.2. The van der Waals surface area contributed by atoms with E-state index in [4.69, 9.17) is 20.9 Å². The van der Waals surface area contributed by atoms with Crippen LogP contribution < -0.4 is 11.5 Å². The van der Waals surface area contributed by atoms with E-state index < -0.39 is 17.7 Å². The molecule has 0 radical (unpaired) electrons. The average molecular weight is 401 g/mol. The highest BCUT2D eigenvalue weighted by Gasteiger charge is 2.55. The summed E-state index contributed by atoms with van der Waals surface area (Å²) in [6, 6.07) is 7.02. The molecular formula is C23H32N2O4. The zero-order valence-electron chi connectivity index (χ0n) is 17.1. The summed E-state index contributed by atoms with van der Waals surface area (Å²) in [5.74, 6) is -0.543. The second-order valence-corrected chi connectivity index (χ2v) is 9.09. The minimum absolute atomic E-state index is 0.116. The maximum atomic E-state index is 13.2. The number of carbonyl (C=O) groups excluding carboxylic acids is 2. The molecule has 1 heterocycles. The molecule has 29 heavy (non-hydrogen) atoms. The lowest BCUT2D eigenvalue weighted by Crippen LogP contribution is -2.59. The van der Waals surface area contributed by atoms with Crippen molar-refractivity contribution < 1.29 is 19.1 Å². The Bertz CT molecular complexity index is 742. The van der Waals surface area contributed by atoms with E-state index in [1.54, 1.807) is 24.3 Å². The van der Waals surface area contributed by atoms with Gasteiger partial charge in [0, 0.05) is 23.9 Å².